The lowest BCUT2D eigenvalue weighted by atomic mass is 9.67. The fourth-order valence-corrected chi connectivity index (χ4v) is 8.50. The Morgan fingerprint density at radius 2 is 0.745 bits per heavy atom. The summed E-state index contributed by atoms with van der Waals surface area (Å²) < 4.78 is 0. The van der Waals surface area contributed by atoms with E-state index >= 15 is 0 Å². The average Bonchev–Trinajstić information content (AvgIpc) is 3.59. The molecule has 0 aliphatic heterocycles. The molecule has 1 heterocycles. The molecule has 0 unspecified atom stereocenters. The Bertz CT molecular complexity index is 2680. The second-order valence-electron chi connectivity index (χ2n) is 14.1. The molecule has 0 atom stereocenters. The normalized spacial score (nSPS) is 12.5. The summed E-state index contributed by atoms with van der Waals surface area (Å²) in [6.45, 7) is 0. The van der Waals surface area contributed by atoms with Crippen molar-refractivity contribution < 1.29 is 0 Å². The minimum atomic E-state index is -0.425. The van der Waals surface area contributed by atoms with Crippen molar-refractivity contribution in [1.82, 2.24) is 9.97 Å². The summed E-state index contributed by atoms with van der Waals surface area (Å²) in [5, 5.41) is 0. The Balaban J connectivity index is 1.06. The highest BCUT2D eigenvalue weighted by molar-refractivity contribution is 5.95. The summed E-state index contributed by atoms with van der Waals surface area (Å²) in [6.07, 6.45) is 0. The van der Waals surface area contributed by atoms with Gasteiger partial charge in [-0.3, -0.25) is 0 Å². The van der Waals surface area contributed by atoms with Crippen LogP contribution in [0, 0.1) is 0 Å². The number of nitrogens with zero attached hydrogens (tertiary/aromatic N) is 2. The van der Waals surface area contributed by atoms with Gasteiger partial charge < -0.3 is 0 Å². The molecule has 258 valence electrons. The largest absolute Gasteiger partial charge is 0.228 e. The Labute approximate surface area is 322 Å². The van der Waals surface area contributed by atoms with Crippen LogP contribution in [-0.2, 0) is 5.41 Å². The Kier molecular flexibility index (Phi) is 8.08. The first-order valence-electron chi connectivity index (χ1n) is 18.8. The summed E-state index contributed by atoms with van der Waals surface area (Å²) in [4.78, 5) is 10.2. The van der Waals surface area contributed by atoms with E-state index in [0.29, 0.717) is 5.82 Å². The van der Waals surface area contributed by atoms with E-state index in [1.54, 1.807) is 0 Å². The predicted octanol–water partition coefficient (Wildman–Crippen LogP) is 13.2. The van der Waals surface area contributed by atoms with Gasteiger partial charge in [-0.1, -0.05) is 206 Å². The first kappa shape index (κ1) is 32.5. The second kappa shape index (κ2) is 13.7. The molecule has 0 spiro atoms. The van der Waals surface area contributed by atoms with Gasteiger partial charge in [0.1, 0.15) is 0 Å². The minimum absolute atomic E-state index is 0.425. The molecule has 9 aromatic rings. The predicted molar refractivity (Wildman–Crippen MR) is 227 cm³/mol. The molecular formula is C53H36N2. The molecule has 1 aromatic heterocycles. The molecule has 2 heteroatoms. The Morgan fingerprint density at radius 3 is 1.36 bits per heavy atom. The van der Waals surface area contributed by atoms with E-state index in [-0.39, 0.29) is 0 Å². The van der Waals surface area contributed by atoms with Crippen LogP contribution < -0.4 is 0 Å². The van der Waals surface area contributed by atoms with Gasteiger partial charge in [-0.2, -0.15) is 0 Å². The number of fused-ring (bicyclic) bond motifs is 3. The van der Waals surface area contributed by atoms with Gasteiger partial charge in [0.05, 0.1) is 16.8 Å². The second-order valence-corrected chi connectivity index (χ2v) is 14.1. The van der Waals surface area contributed by atoms with Gasteiger partial charge in [-0.05, 0) is 67.8 Å². The van der Waals surface area contributed by atoms with E-state index < -0.39 is 5.41 Å². The van der Waals surface area contributed by atoms with Gasteiger partial charge in [0.15, 0.2) is 5.82 Å². The standard InChI is InChI=1S/C53H36N2/c1-5-17-39(18-6-1)49-36-50(40-19-7-2-8-20-40)55-52(54-49)42-22-15-21-41(35-42)37-31-33-38(34-32-37)45-28-16-30-48-51(45)46-27-13-14-29-47(46)53(48,43-23-9-3-10-24-43)44-25-11-4-12-26-44/h1-36H. The Morgan fingerprint density at radius 1 is 0.291 bits per heavy atom. The molecular weight excluding hydrogens is 665 g/mol. The molecule has 10 rings (SSSR count). The fourth-order valence-electron chi connectivity index (χ4n) is 8.50. The highest BCUT2D eigenvalue weighted by atomic mass is 14.9. The SMILES string of the molecule is c1ccc(-c2cc(-c3ccccc3)nc(-c3cccc(-c4ccc(-c5cccc6c5-c5ccccc5C6(c5ccccc5)c5ccccc5)cc4)c3)n2)cc1. The van der Waals surface area contributed by atoms with Crippen LogP contribution in [0.3, 0.4) is 0 Å². The quantitative estimate of drug-likeness (QED) is 0.165. The van der Waals surface area contributed by atoms with Gasteiger partial charge >= 0.3 is 0 Å². The summed E-state index contributed by atoms with van der Waals surface area (Å²) in [5.74, 6) is 0.706. The molecule has 0 radical (unpaired) electrons. The zero-order valence-corrected chi connectivity index (χ0v) is 30.2. The van der Waals surface area contributed by atoms with Crippen molar-refractivity contribution in [2.75, 3.05) is 0 Å². The van der Waals surface area contributed by atoms with Crippen molar-refractivity contribution in [3.63, 3.8) is 0 Å². The lowest BCUT2D eigenvalue weighted by Crippen LogP contribution is -2.28. The van der Waals surface area contributed by atoms with Crippen molar-refractivity contribution >= 4 is 0 Å². The maximum absolute atomic E-state index is 5.08. The zero-order chi connectivity index (χ0) is 36.6. The summed E-state index contributed by atoms with van der Waals surface area (Å²) in [6, 6.07) is 78.1. The molecule has 0 bridgehead atoms. The third-order valence-corrected chi connectivity index (χ3v) is 11.0. The molecule has 2 nitrogen and oxygen atoms in total. The van der Waals surface area contributed by atoms with Crippen molar-refractivity contribution in [2.24, 2.45) is 0 Å². The smallest absolute Gasteiger partial charge is 0.160 e. The molecule has 8 aromatic carbocycles. The van der Waals surface area contributed by atoms with Crippen molar-refractivity contribution in [1.29, 1.82) is 0 Å². The molecule has 55 heavy (non-hydrogen) atoms. The van der Waals surface area contributed by atoms with E-state index in [1.807, 2.05) is 12.1 Å². The molecule has 0 saturated carbocycles. The van der Waals surface area contributed by atoms with E-state index in [0.717, 1.165) is 39.2 Å². The number of hydrogen-bond donors (Lipinski definition) is 0. The fraction of sp³-hybridized carbons (Fsp3) is 0.0189. The minimum Gasteiger partial charge on any atom is -0.228 e. The monoisotopic (exact) mass is 700 g/mol. The first-order valence-corrected chi connectivity index (χ1v) is 18.8. The topological polar surface area (TPSA) is 25.8 Å². The summed E-state index contributed by atoms with van der Waals surface area (Å²) >= 11 is 0. The molecule has 0 saturated heterocycles. The third kappa shape index (κ3) is 5.59. The third-order valence-electron chi connectivity index (χ3n) is 11.0. The summed E-state index contributed by atoms with van der Waals surface area (Å²) in [5.41, 5.74) is 16.9. The van der Waals surface area contributed by atoms with Crippen molar-refractivity contribution in [3.05, 3.63) is 241 Å². The van der Waals surface area contributed by atoms with Crippen LogP contribution in [0.25, 0.3) is 67.3 Å². The van der Waals surface area contributed by atoms with Crippen molar-refractivity contribution in [3.8, 4) is 67.3 Å². The molecule has 0 amide bonds. The highest BCUT2D eigenvalue weighted by Gasteiger charge is 2.46. The van der Waals surface area contributed by atoms with Crippen LogP contribution in [0.1, 0.15) is 22.3 Å². The maximum Gasteiger partial charge on any atom is 0.160 e. The van der Waals surface area contributed by atoms with Gasteiger partial charge in [0, 0.05) is 16.7 Å². The molecule has 0 N–H and O–H groups in total. The molecule has 1 aliphatic rings. The number of aromatic nitrogens is 2. The average molecular weight is 701 g/mol. The lowest BCUT2D eigenvalue weighted by molar-refractivity contribution is 0.768. The number of hydrogen-bond acceptors (Lipinski definition) is 2. The van der Waals surface area contributed by atoms with E-state index in [1.165, 1.54) is 44.5 Å². The Hall–Kier alpha value is -7.16. The number of benzene rings is 8. The van der Waals surface area contributed by atoms with Gasteiger partial charge in [-0.25, -0.2) is 9.97 Å². The van der Waals surface area contributed by atoms with Crippen LogP contribution in [0.2, 0.25) is 0 Å². The van der Waals surface area contributed by atoms with Crippen LogP contribution in [0.4, 0.5) is 0 Å². The van der Waals surface area contributed by atoms with E-state index in [9.17, 15) is 0 Å². The van der Waals surface area contributed by atoms with Crippen LogP contribution in [-0.4, -0.2) is 9.97 Å². The summed E-state index contributed by atoms with van der Waals surface area (Å²) in [7, 11) is 0. The van der Waals surface area contributed by atoms with Crippen molar-refractivity contribution in [2.45, 2.75) is 5.41 Å². The zero-order valence-electron chi connectivity index (χ0n) is 30.2. The number of rotatable bonds is 7. The van der Waals surface area contributed by atoms with Crippen LogP contribution in [0.5, 0.6) is 0 Å². The molecule has 0 fully saturated rings. The first-order chi connectivity index (χ1) is 27.3. The van der Waals surface area contributed by atoms with Gasteiger partial charge in [0.25, 0.3) is 0 Å². The highest BCUT2D eigenvalue weighted by Crippen LogP contribution is 2.58. The molecule has 1 aliphatic carbocycles. The lowest BCUT2D eigenvalue weighted by Gasteiger charge is -2.34. The maximum atomic E-state index is 5.08. The van der Waals surface area contributed by atoms with Crippen LogP contribution in [0.15, 0.2) is 218 Å². The van der Waals surface area contributed by atoms with Gasteiger partial charge in [0.2, 0.25) is 0 Å². The van der Waals surface area contributed by atoms with E-state index in [4.69, 9.17) is 9.97 Å². The van der Waals surface area contributed by atoms with Gasteiger partial charge in [-0.15, -0.1) is 0 Å². The van der Waals surface area contributed by atoms with E-state index in [2.05, 4.69) is 206 Å². The van der Waals surface area contributed by atoms with Crippen LogP contribution >= 0.6 is 0 Å².